The van der Waals surface area contributed by atoms with Gasteiger partial charge in [-0.2, -0.15) is 0 Å². The second-order valence-electron chi connectivity index (χ2n) is 7.68. The van der Waals surface area contributed by atoms with Gasteiger partial charge in [-0.3, -0.25) is 9.59 Å². The number of carbonyl (C=O) groups excluding carboxylic acids is 2. The molecular formula is C24H25N3O2S. The molecule has 1 atom stereocenters. The molecule has 2 amide bonds. The Balaban J connectivity index is 1.32. The summed E-state index contributed by atoms with van der Waals surface area (Å²) in [5.41, 5.74) is 5.38. The third-order valence-corrected chi connectivity index (χ3v) is 6.47. The van der Waals surface area contributed by atoms with Crippen molar-refractivity contribution in [3.8, 4) is 11.1 Å². The van der Waals surface area contributed by atoms with Crippen molar-refractivity contribution in [2.24, 2.45) is 5.92 Å². The number of carbonyl (C=O) groups is 2. The lowest BCUT2D eigenvalue weighted by Gasteiger charge is -2.32. The normalized spacial score (nSPS) is 16.3. The molecule has 1 aliphatic rings. The number of rotatable bonds is 5. The van der Waals surface area contributed by atoms with Gasteiger partial charge in [-0.1, -0.05) is 42.5 Å². The fourth-order valence-corrected chi connectivity index (χ4v) is 4.62. The maximum absolute atomic E-state index is 12.7. The Bertz CT molecular complexity index is 1010. The van der Waals surface area contributed by atoms with Crippen LogP contribution in [0.3, 0.4) is 0 Å². The number of benzene rings is 2. The topological polar surface area (TPSA) is 62.3 Å². The first-order chi connectivity index (χ1) is 14.6. The summed E-state index contributed by atoms with van der Waals surface area (Å²) in [6.45, 7) is 3.88. The quantitative estimate of drug-likeness (QED) is 0.667. The van der Waals surface area contributed by atoms with Crippen LogP contribution in [0.4, 0.5) is 0 Å². The highest BCUT2D eigenvalue weighted by atomic mass is 32.1. The molecule has 1 fully saturated rings. The minimum absolute atomic E-state index is 0.0579. The highest BCUT2D eigenvalue weighted by Crippen LogP contribution is 2.22. The van der Waals surface area contributed by atoms with Gasteiger partial charge in [-0.25, -0.2) is 4.98 Å². The van der Waals surface area contributed by atoms with Crippen molar-refractivity contribution >= 4 is 23.2 Å². The molecule has 1 aliphatic heterocycles. The van der Waals surface area contributed by atoms with Crippen molar-refractivity contribution in [1.82, 2.24) is 15.2 Å². The fraction of sp³-hybridized carbons (Fsp3) is 0.292. The zero-order valence-corrected chi connectivity index (χ0v) is 17.8. The second kappa shape index (κ2) is 9.22. The lowest BCUT2D eigenvalue weighted by Crippen LogP contribution is -2.43. The lowest BCUT2D eigenvalue weighted by atomic mass is 9.97. The molecule has 1 N–H and O–H groups in total. The molecule has 4 rings (SSSR count). The summed E-state index contributed by atoms with van der Waals surface area (Å²) >= 11 is 1.40. The van der Waals surface area contributed by atoms with Gasteiger partial charge < -0.3 is 10.2 Å². The number of thiazole rings is 1. The van der Waals surface area contributed by atoms with Crippen LogP contribution in [0.2, 0.25) is 0 Å². The monoisotopic (exact) mass is 419 g/mol. The van der Waals surface area contributed by atoms with E-state index in [-0.39, 0.29) is 17.7 Å². The molecule has 1 aromatic heterocycles. The summed E-state index contributed by atoms with van der Waals surface area (Å²) in [4.78, 5) is 32.1. The first-order valence-corrected chi connectivity index (χ1v) is 11.1. The molecule has 0 radical (unpaired) electrons. The van der Waals surface area contributed by atoms with Crippen molar-refractivity contribution in [3.63, 3.8) is 0 Å². The number of hydrogen-bond donors (Lipinski definition) is 1. The van der Waals surface area contributed by atoms with Crippen molar-refractivity contribution in [2.75, 3.05) is 19.6 Å². The Kier molecular flexibility index (Phi) is 6.23. The van der Waals surface area contributed by atoms with E-state index in [2.05, 4.69) is 22.4 Å². The standard InChI is InChI=1S/C24H25N3O2S/c1-17-22(30-16-26-17)24(29)27-13-5-6-18(15-27)14-25-23(28)21-11-9-20(10-12-21)19-7-3-2-4-8-19/h2-4,7-12,16,18H,5-6,13-15H2,1H3,(H,25,28)/t18-/m0/s1. The SMILES string of the molecule is Cc1ncsc1C(=O)N1CCC[C@@H](CNC(=O)c2ccc(-c3ccccc3)cc2)C1. The average Bonchev–Trinajstić information content (AvgIpc) is 3.23. The zero-order chi connectivity index (χ0) is 20.9. The van der Waals surface area contributed by atoms with Gasteiger partial charge in [0.1, 0.15) is 4.88 Å². The molecule has 2 heterocycles. The molecule has 0 spiro atoms. The summed E-state index contributed by atoms with van der Waals surface area (Å²) in [7, 11) is 0. The Morgan fingerprint density at radius 3 is 2.53 bits per heavy atom. The highest BCUT2D eigenvalue weighted by molar-refractivity contribution is 7.11. The van der Waals surface area contributed by atoms with Gasteiger partial charge in [-0.05, 0) is 48.9 Å². The average molecular weight is 420 g/mol. The molecule has 6 heteroatoms. The number of hydrogen-bond acceptors (Lipinski definition) is 4. The molecule has 0 bridgehead atoms. The summed E-state index contributed by atoms with van der Waals surface area (Å²) in [6, 6.07) is 17.8. The molecule has 0 unspecified atom stereocenters. The molecule has 154 valence electrons. The summed E-state index contributed by atoms with van der Waals surface area (Å²) in [6.07, 6.45) is 1.97. The minimum atomic E-state index is -0.0728. The van der Waals surface area contributed by atoms with Crippen LogP contribution < -0.4 is 5.32 Å². The van der Waals surface area contributed by atoms with Crippen LogP contribution >= 0.6 is 11.3 Å². The summed E-state index contributed by atoms with van der Waals surface area (Å²) < 4.78 is 0. The Labute approximate surface area is 180 Å². The first-order valence-electron chi connectivity index (χ1n) is 10.2. The van der Waals surface area contributed by atoms with Crippen LogP contribution in [0.1, 0.15) is 38.6 Å². The van der Waals surface area contributed by atoms with Gasteiger partial charge >= 0.3 is 0 Å². The van der Waals surface area contributed by atoms with E-state index in [0.717, 1.165) is 41.1 Å². The molecule has 0 saturated carbocycles. The van der Waals surface area contributed by atoms with E-state index in [0.29, 0.717) is 18.7 Å². The van der Waals surface area contributed by atoms with Gasteiger partial charge in [0.05, 0.1) is 11.2 Å². The van der Waals surface area contributed by atoms with E-state index in [9.17, 15) is 9.59 Å². The zero-order valence-electron chi connectivity index (χ0n) is 17.0. The lowest BCUT2D eigenvalue weighted by molar-refractivity contribution is 0.0675. The van der Waals surface area contributed by atoms with Crippen LogP contribution in [0.25, 0.3) is 11.1 Å². The predicted molar refractivity (Wildman–Crippen MR) is 120 cm³/mol. The molecule has 1 saturated heterocycles. The number of piperidine rings is 1. The van der Waals surface area contributed by atoms with Crippen molar-refractivity contribution in [3.05, 3.63) is 76.2 Å². The minimum Gasteiger partial charge on any atom is -0.352 e. The van der Waals surface area contributed by atoms with Gasteiger partial charge in [0.2, 0.25) is 0 Å². The molecule has 2 aromatic carbocycles. The van der Waals surface area contributed by atoms with Gasteiger partial charge in [0.25, 0.3) is 11.8 Å². The highest BCUT2D eigenvalue weighted by Gasteiger charge is 2.26. The summed E-state index contributed by atoms with van der Waals surface area (Å²) in [5, 5.41) is 3.05. The predicted octanol–water partition coefficient (Wildman–Crippen LogP) is 4.40. The molecule has 5 nitrogen and oxygen atoms in total. The number of nitrogens with one attached hydrogen (secondary N) is 1. The van der Waals surface area contributed by atoms with Crippen LogP contribution in [-0.2, 0) is 0 Å². The third-order valence-electron chi connectivity index (χ3n) is 5.55. The Hall–Kier alpha value is -2.99. The first kappa shape index (κ1) is 20.3. The Morgan fingerprint density at radius 1 is 1.10 bits per heavy atom. The van der Waals surface area contributed by atoms with Crippen LogP contribution in [0.5, 0.6) is 0 Å². The maximum Gasteiger partial charge on any atom is 0.265 e. The van der Waals surface area contributed by atoms with Gasteiger partial charge in [0.15, 0.2) is 0 Å². The number of aryl methyl sites for hydroxylation is 1. The van der Waals surface area contributed by atoms with Crippen LogP contribution in [-0.4, -0.2) is 41.3 Å². The van der Waals surface area contributed by atoms with E-state index in [1.807, 2.05) is 54.3 Å². The van der Waals surface area contributed by atoms with E-state index >= 15 is 0 Å². The van der Waals surface area contributed by atoms with E-state index < -0.39 is 0 Å². The van der Waals surface area contributed by atoms with E-state index in [1.54, 1.807) is 5.51 Å². The number of nitrogens with zero attached hydrogens (tertiary/aromatic N) is 2. The third kappa shape index (κ3) is 4.60. The number of amides is 2. The largest absolute Gasteiger partial charge is 0.352 e. The fourth-order valence-electron chi connectivity index (χ4n) is 3.85. The molecular weight excluding hydrogens is 394 g/mol. The number of likely N-dealkylation sites (tertiary alicyclic amines) is 1. The van der Waals surface area contributed by atoms with Crippen LogP contribution in [0.15, 0.2) is 60.1 Å². The van der Waals surface area contributed by atoms with Crippen molar-refractivity contribution in [2.45, 2.75) is 19.8 Å². The van der Waals surface area contributed by atoms with Crippen molar-refractivity contribution in [1.29, 1.82) is 0 Å². The van der Waals surface area contributed by atoms with Crippen molar-refractivity contribution < 1.29 is 9.59 Å². The molecule has 0 aliphatic carbocycles. The Morgan fingerprint density at radius 2 is 1.83 bits per heavy atom. The summed E-state index contributed by atoms with van der Waals surface area (Å²) in [5.74, 6) is 0.252. The smallest absolute Gasteiger partial charge is 0.265 e. The molecule has 30 heavy (non-hydrogen) atoms. The second-order valence-corrected chi connectivity index (χ2v) is 8.53. The van der Waals surface area contributed by atoms with Crippen LogP contribution in [0, 0.1) is 12.8 Å². The number of aromatic nitrogens is 1. The van der Waals surface area contributed by atoms with E-state index in [4.69, 9.17) is 0 Å². The van der Waals surface area contributed by atoms with Gasteiger partial charge in [0, 0.05) is 25.2 Å². The van der Waals surface area contributed by atoms with Gasteiger partial charge in [-0.15, -0.1) is 11.3 Å². The molecule has 3 aromatic rings. The van der Waals surface area contributed by atoms with E-state index in [1.165, 1.54) is 11.3 Å². The maximum atomic E-state index is 12.7.